The lowest BCUT2D eigenvalue weighted by atomic mass is 10.3. The number of hydrogen-bond donors (Lipinski definition) is 2. The summed E-state index contributed by atoms with van der Waals surface area (Å²) >= 11 is 0. The highest BCUT2D eigenvalue weighted by Gasteiger charge is 2.11. The highest BCUT2D eigenvalue weighted by molar-refractivity contribution is 5.85. The van der Waals surface area contributed by atoms with Crippen molar-refractivity contribution in [2.45, 2.75) is 19.9 Å². The first-order valence-corrected chi connectivity index (χ1v) is 8.36. The predicted octanol–water partition coefficient (Wildman–Crippen LogP) is 1.60. The van der Waals surface area contributed by atoms with Gasteiger partial charge in [-0.25, -0.2) is 4.98 Å². The summed E-state index contributed by atoms with van der Waals surface area (Å²) in [7, 11) is 0. The summed E-state index contributed by atoms with van der Waals surface area (Å²) < 4.78 is 1.97. The van der Waals surface area contributed by atoms with Crippen molar-refractivity contribution in [2.24, 2.45) is 0 Å². The van der Waals surface area contributed by atoms with E-state index in [9.17, 15) is 4.79 Å². The Hall–Kier alpha value is -1.34. The Labute approximate surface area is 161 Å². The van der Waals surface area contributed by atoms with Crippen molar-refractivity contribution in [3.63, 3.8) is 0 Å². The maximum Gasteiger partial charge on any atom is 0.240 e. The third-order valence-corrected chi connectivity index (χ3v) is 4.33. The van der Waals surface area contributed by atoms with Gasteiger partial charge in [0.15, 0.2) is 0 Å². The Balaban J connectivity index is 0.00000156. The van der Waals surface area contributed by atoms with Crippen LogP contribution in [0.4, 0.5) is 0 Å². The quantitative estimate of drug-likeness (QED) is 0.738. The first kappa shape index (κ1) is 21.7. The fourth-order valence-electron chi connectivity index (χ4n) is 3.06. The fraction of sp³-hybridized carbons (Fsp3) is 0.529. The number of para-hydroxylation sites is 2. The number of imidazole rings is 1. The normalized spacial score (nSPS) is 14.6. The minimum Gasteiger partial charge on any atom is -0.355 e. The number of nitrogens with zero attached hydrogens (tertiary/aromatic N) is 3. The number of aromatic nitrogens is 2. The highest BCUT2D eigenvalue weighted by atomic mass is 35.5. The molecule has 1 fully saturated rings. The molecular weight excluding hydrogens is 361 g/mol. The molecule has 1 amide bonds. The van der Waals surface area contributed by atoms with E-state index >= 15 is 0 Å². The number of rotatable bonds is 6. The standard InChI is InChI=1S/C17H25N5O.2ClH/c1-14-20-15-5-2-3-6-16(15)22(14)13-17(23)19-7-4-10-21-11-8-18-9-12-21;;/h2-3,5-6,18H,4,7-13H2,1H3,(H,19,23);2*1H. The van der Waals surface area contributed by atoms with E-state index in [-0.39, 0.29) is 30.7 Å². The van der Waals surface area contributed by atoms with Gasteiger partial charge in [0.2, 0.25) is 5.91 Å². The summed E-state index contributed by atoms with van der Waals surface area (Å²) in [6.07, 6.45) is 0.995. The second kappa shape index (κ2) is 10.6. The smallest absolute Gasteiger partial charge is 0.240 e. The molecule has 2 heterocycles. The second-order valence-corrected chi connectivity index (χ2v) is 6.03. The van der Waals surface area contributed by atoms with E-state index in [0.717, 1.165) is 62.5 Å². The average molecular weight is 388 g/mol. The zero-order valence-corrected chi connectivity index (χ0v) is 16.2. The van der Waals surface area contributed by atoms with Gasteiger partial charge in [-0.05, 0) is 32.0 Å². The van der Waals surface area contributed by atoms with Gasteiger partial charge < -0.3 is 20.1 Å². The number of hydrogen-bond acceptors (Lipinski definition) is 4. The number of nitrogens with one attached hydrogen (secondary N) is 2. The van der Waals surface area contributed by atoms with Crippen LogP contribution in [0.2, 0.25) is 0 Å². The third-order valence-electron chi connectivity index (χ3n) is 4.33. The van der Waals surface area contributed by atoms with Gasteiger partial charge in [0, 0.05) is 32.7 Å². The van der Waals surface area contributed by atoms with Crippen LogP contribution in [0.1, 0.15) is 12.2 Å². The van der Waals surface area contributed by atoms with E-state index in [1.807, 2.05) is 35.8 Å². The van der Waals surface area contributed by atoms with Crippen molar-refractivity contribution >= 4 is 41.8 Å². The molecule has 0 atom stereocenters. The lowest BCUT2D eigenvalue weighted by Gasteiger charge is -2.27. The highest BCUT2D eigenvalue weighted by Crippen LogP contribution is 2.14. The van der Waals surface area contributed by atoms with Gasteiger partial charge >= 0.3 is 0 Å². The zero-order chi connectivity index (χ0) is 16.1. The maximum atomic E-state index is 12.2. The summed E-state index contributed by atoms with van der Waals surface area (Å²) in [6.45, 7) is 8.40. The van der Waals surface area contributed by atoms with E-state index in [4.69, 9.17) is 0 Å². The molecule has 0 spiro atoms. The summed E-state index contributed by atoms with van der Waals surface area (Å²) in [5.74, 6) is 0.929. The molecule has 1 aromatic heterocycles. The Kier molecular flexibility index (Phi) is 9.21. The van der Waals surface area contributed by atoms with Gasteiger partial charge in [-0.3, -0.25) is 4.79 Å². The number of benzene rings is 1. The van der Waals surface area contributed by atoms with Crippen LogP contribution in [0.3, 0.4) is 0 Å². The average Bonchev–Trinajstić information content (AvgIpc) is 2.88. The van der Waals surface area contributed by atoms with Gasteiger partial charge in [-0.2, -0.15) is 0 Å². The third kappa shape index (κ3) is 5.85. The minimum atomic E-state index is 0. The lowest BCUT2D eigenvalue weighted by Crippen LogP contribution is -2.44. The summed E-state index contributed by atoms with van der Waals surface area (Å²) in [6, 6.07) is 7.93. The molecule has 0 unspecified atom stereocenters. The van der Waals surface area contributed by atoms with E-state index in [1.54, 1.807) is 0 Å². The van der Waals surface area contributed by atoms with Crippen LogP contribution >= 0.6 is 24.8 Å². The molecule has 1 aliphatic heterocycles. The molecular formula is C17H27Cl2N5O. The molecule has 6 nitrogen and oxygen atoms in total. The van der Waals surface area contributed by atoms with Crippen LogP contribution in [0.15, 0.2) is 24.3 Å². The first-order valence-electron chi connectivity index (χ1n) is 8.36. The van der Waals surface area contributed by atoms with Crippen LogP contribution in [-0.2, 0) is 11.3 Å². The van der Waals surface area contributed by atoms with Crippen LogP contribution in [0.25, 0.3) is 11.0 Å². The van der Waals surface area contributed by atoms with E-state index < -0.39 is 0 Å². The number of aryl methyl sites for hydroxylation is 1. The van der Waals surface area contributed by atoms with Crippen LogP contribution < -0.4 is 10.6 Å². The zero-order valence-electron chi connectivity index (χ0n) is 14.5. The topological polar surface area (TPSA) is 62.2 Å². The number of halogens is 2. The van der Waals surface area contributed by atoms with Crippen molar-refractivity contribution in [1.82, 2.24) is 25.1 Å². The van der Waals surface area contributed by atoms with Crippen molar-refractivity contribution in [3.05, 3.63) is 30.1 Å². The second-order valence-electron chi connectivity index (χ2n) is 6.03. The number of fused-ring (bicyclic) bond motifs is 1. The van der Waals surface area contributed by atoms with Gasteiger partial charge in [0.1, 0.15) is 12.4 Å². The Morgan fingerprint density at radius 1 is 1.24 bits per heavy atom. The fourth-order valence-corrected chi connectivity index (χ4v) is 3.06. The van der Waals surface area contributed by atoms with Gasteiger partial charge in [0.05, 0.1) is 11.0 Å². The molecule has 1 saturated heterocycles. The number of carbonyl (C=O) groups is 1. The van der Waals surface area contributed by atoms with Crippen molar-refractivity contribution in [3.8, 4) is 0 Å². The number of carbonyl (C=O) groups excluding carboxylic acids is 1. The van der Waals surface area contributed by atoms with E-state index in [0.29, 0.717) is 6.54 Å². The van der Waals surface area contributed by atoms with Crippen molar-refractivity contribution in [2.75, 3.05) is 39.3 Å². The summed E-state index contributed by atoms with van der Waals surface area (Å²) in [4.78, 5) is 19.1. The lowest BCUT2D eigenvalue weighted by molar-refractivity contribution is -0.121. The molecule has 1 aromatic carbocycles. The van der Waals surface area contributed by atoms with Crippen LogP contribution in [0.5, 0.6) is 0 Å². The van der Waals surface area contributed by atoms with Crippen molar-refractivity contribution < 1.29 is 4.79 Å². The van der Waals surface area contributed by atoms with Crippen molar-refractivity contribution in [1.29, 1.82) is 0 Å². The molecule has 0 bridgehead atoms. The monoisotopic (exact) mass is 387 g/mol. The number of piperazine rings is 1. The van der Waals surface area contributed by atoms with Crippen LogP contribution in [-0.4, -0.2) is 59.6 Å². The molecule has 8 heteroatoms. The summed E-state index contributed by atoms with van der Waals surface area (Å²) in [5, 5.41) is 6.37. The molecule has 0 aliphatic carbocycles. The SMILES string of the molecule is Cc1nc2ccccc2n1CC(=O)NCCCN1CCNCC1.Cl.Cl. The maximum absolute atomic E-state index is 12.2. The molecule has 0 saturated carbocycles. The Bertz CT molecular complexity index is 670. The van der Waals surface area contributed by atoms with E-state index in [2.05, 4.69) is 20.5 Å². The molecule has 140 valence electrons. The molecule has 25 heavy (non-hydrogen) atoms. The summed E-state index contributed by atoms with van der Waals surface area (Å²) in [5.41, 5.74) is 1.96. The van der Waals surface area contributed by atoms with Gasteiger partial charge in [-0.1, -0.05) is 12.1 Å². The molecule has 0 radical (unpaired) electrons. The molecule has 2 aromatic rings. The first-order chi connectivity index (χ1) is 11.2. The largest absolute Gasteiger partial charge is 0.355 e. The molecule has 1 aliphatic rings. The van der Waals surface area contributed by atoms with E-state index in [1.165, 1.54) is 0 Å². The van der Waals surface area contributed by atoms with Crippen LogP contribution in [0, 0.1) is 6.92 Å². The number of amides is 1. The Morgan fingerprint density at radius 3 is 2.72 bits per heavy atom. The van der Waals surface area contributed by atoms with Gasteiger partial charge in [0.25, 0.3) is 0 Å². The van der Waals surface area contributed by atoms with Gasteiger partial charge in [-0.15, -0.1) is 24.8 Å². The minimum absolute atomic E-state index is 0. The molecule has 2 N–H and O–H groups in total. The molecule has 3 rings (SSSR count). The predicted molar refractivity (Wildman–Crippen MR) is 106 cm³/mol. The Morgan fingerprint density at radius 2 is 1.96 bits per heavy atom.